The molecule has 0 bridgehead atoms. The third kappa shape index (κ3) is 6.77. The lowest BCUT2D eigenvalue weighted by atomic mass is 9.72. The Morgan fingerprint density at radius 3 is 2.61 bits per heavy atom. The number of carbonyl (C=O) groups is 2. The molecule has 2 N–H and O–H groups in total. The number of carbonyl (C=O) groups excluding carboxylic acids is 1. The molecule has 4 aromatic rings. The van der Waals surface area contributed by atoms with Gasteiger partial charge in [0.2, 0.25) is 0 Å². The molecule has 0 saturated carbocycles. The number of nitrogens with zero attached hydrogens (tertiary/aromatic N) is 1. The number of aromatic carboxylic acids is 1. The van der Waals surface area contributed by atoms with Crippen molar-refractivity contribution in [2.24, 2.45) is 16.3 Å². The summed E-state index contributed by atoms with van der Waals surface area (Å²) in [6.07, 6.45) is 6.19. The molecule has 0 fully saturated rings. The first-order valence-corrected chi connectivity index (χ1v) is 14.5. The number of hydrogen-bond acceptors (Lipinski definition) is 6. The van der Waals surface area contributed by atoms with Crippen molar-refractivity contribution in [3.8, 4) is 5.75 Å². The number of hydrogen-bond donors (Lipinski definition) is 2. The van der Waals surface area contributed by atoms with Gasteiger partial charge in [-0.3, -0.25) is 4.79 Å². The number of nitrogens with one attached hydrogen (secondary N) is 1. The normalized spacial score (nSPS) is 15.0. The molecule has 2 aromatic carbocycles. The molecule has 1 amide bonds. The quantitative estimate of drug-likeness (QED) is 0.204. The van der Waals surface area contributed by atoms with Crippen LogP contribution in [0.2, 0.25) is 0 Å². The van der Waals surface area contributed by atoms with Crippen molar-refractivity contribution in [3.05, 3.63) is 105 Å². The van der Waals surface area contributed by atoms with E-state index in [4.69, 9.17) is 19.3 Å². The van der Waals surface area contributed by atoms with E-state index in [0.717, 1.165) is 36.0 Å². The molecule has 1 atom stereocenters. The minimum absolute atomic E-state index is 0.144. The molecule has 8 heteroatoms. The maximum absolute atomic E-state index is 13.5. The van der Waals surface area contributed by atoms with Crippen molar-refractivity contribution in [2.45, 2.75) is 53.2 Å². The Hall–Kier alpha value is -4.17. The van der Waals surface area contributed by atoms with Crippen LogP contribution < -0.4 is 10.1 Å². The van der Waals surface area contributed by atoms with Gasteiger partial charge in [-0.05, 0) is 78.1 Å². The number of aliphatic imine (C=N–C) groups is 1. The van der Waals surface area contributed by atoms with Crippen molar-refractivity contribution in [2.75, 3.05) is 0 Å². The molecule has 2 heterocycles. The number of benzene rings is 2. The van der Waals surface area contributed by atoms with Gasteiger partial charge in [0.1, 0.15) is 23.1 Å². The second-order valence-electron chi connectivity index (χ2n) is 11.3. The lowest BCUT2D eigenvalue weighted by molar-refractivity contribution is 0.0696. The molecule has 41 heavy (non-hydrogen) atoms. The van der Waals surface area contributed by atoms with Crippen molar-refractivity contribution in [1.82, 2.24) is 5.32 Å². The van der Waals surface area contributed by atoms with E-state index in [0.29, 0.717) is 34.5 Å². The van der Waals surface area contributed by atoms with Crippen LogP contribution in [0, 0.1) is 11.3 Å². The average Bonchev–Trinajstić information content (AvgIpc) is 3.61. The van der Waals surface area contributed by atoms with Gasteiger partial charge in [0.05, 0.1) is 23.9 Å². The summed E-state index contributed by atoms with van der Waals surface area (Å²) < 4.78 is 11.5. The Kier molecular flexibility index (Phi) is 8.40. The Balaban J connectivity index is 1.39. The van der Waals surface area contributed by atoms with Gasteiger partial charge in [0.15, 0.2) is 0 Å². The molecule has 5 rings (SSSR count). The second-order valence-corrected chi connectivity index (χ2v) is 12.4. The first kappa shape index (κ1) is 28.4. The number of amides is 1. The van der Waals surface area contributed by atoms with E-state index < -0.39 is 5.97 Å². The second kappa shape index (κ2) is 12.1. The molecular weight excluding hydrogens is 536 g/mol. The molecule has 7 nitrogen and oxygen atoms in total. The lowest BCUT2D eigenvalue weighted by Crippen LogP contribution is -2.28. The molecule has 1 aliphatic rings. The number of ether oxygens (including phenoxy) is 1. The molecule has 2 aromatic heterocycles. The van der Waals surface area contributed by atoms with Crippen LogP contribution in [0.15, 0.2) is 76.3 Å². The molecule has 0 aliphatic heterocycles. The number of carboxylic acid groups (broad SMARTS) is 1. The van der Waals surface area contributed by atoms with E-state index >= 15 is 0 Å². The molecule has 0 spiro atoms. The summed E-state index contributed by atoms with van der Waals surface area (Å²) >= 11 is 1.60. The number of rotatable bonds is 9. The van der Waals surface area contributed by atoms with E-state index in [1.807, 2.05) is 30.3 Å². The topological polar surface area (TPSA) is 101 Å². The number of thiophene rings is 1. The Labute approximate surface area is 243 Å². The zero-order valence-corrected chi connectivity index (χ0v) is 24.3. The van der Waals surface area contributed by atoms with Gasteiger partial charge in [0.25, 0.3) is 5.91 Å². The van der Waals surface area contributed by atoms with E-state index in [-0.39, 0.29) is 23.5 Å². The van der Waals surface area contributed by atoms with E-state index in [2.05, 4.69) is 26.1 Å². The Bertz CT molecular complexity index is 1550. The van der Waals surface area contributed by atoms with Gasteiger partial charge in [-0.25, -0.2) is 9.79 Å². The summed E-state index contributed by atoms with van der Waals surface area (Å²) in [7, 11) is 0. The van der Waals surface area contributed by atoms with Crippen LogP contribution in [-0.2, 0) is 26.0 Å². The molecule has 0 radical (unpaired) electrons. The van der Waals surface area contributed by atoms with Crippen LogP contribution in [-0.4, -0.2) is 23.2 Å². The summed E-state index contributed by atoms with van der Waals surface area (Å²) in [4.78, 5) is 30.7. The van der Waals surface area contributed by atoms with Crippen LogP contribution in [0.4, 0.5) is 5.00 Å². The molecule has 1 aliphatic carbocycles. The number of carboxylic acids is 1. The monoisotopic (exact) mass is 570 g/mol. The fourth-order valence-corrected chi connectivity index (χ4v) is 6.32. The van der Waals surface area contributed by atoms with E-state index in [1.165, 1.54) is 4.88 Å². The van der Waals surface area contributed by atoms with E-state index in [1.54, 1.807) is 54.1 Å². The van der Waals surface area contributed by atoms with Crippen LogP contribution in [0.3, 0.4) is 0 Å². The Morgan fingerprint density at radius 2 is 1.90 bits per heavy atom. The lowest BCUT2D eigenvalue weighted by Gasteiger charge is -2.33. The maximum atomic E-state index is 13.5. The predicted octanol–water partition coefficient (Wildman–Crippen LogP) is 7.45. The van der Waals surface area contributed by atoms with Crippen LogP contribution in [0.25, 0.3) is 0 Å². The fourth-order valence-electron chi connectivity index (χ4n) is 5.06. The zero-order valence-electron chi connectivity index (χ0n) is 23.5. The summed E-state index contributed by atoms with van der Waals surface area (Å²) in [5.41, 5.74) is 3.83. The fraction of sp³-hybridized carbons (Fsp3) is 0.303. The van der Waals surface area contributed by atoms with Crippen molar-refractivity contribution >= 4 is 34.4 Å². The summed E-state index contributed by atoms with van der Waals surface area (Å²) in [5, 5.41) is 12.8. The highest BCUT2D eigenvalue weighted by atomic mass is 32.1. The summed E-state index contributed by atoms with van der Waals surface area (Å²) in [6, 6.07) is 17.9. The highest BCUT2D eigenvalue weighted by molar-refractivity contribution is 7.16. The minimum atomic E-state index is -0.961. The smallest absolute Gasteiger partial charge is 0.335 e. The van der Waals surface area contributed by atoms with Crippen LogP contribution >= 0.6 is 11.3 Å². The minimum Gasteiger partial charge on any atom is -0.488 e. The van der Waals surface area contributed by atoms with Gasteiger partial charge in [0, 0.05) is 16.7 Å². The Morgan fingerprint density at radius 1 is 1.12 bits per heavy atom. The van der Waals surface area contributed by atoms with Gasteiger partial charge in [-0.2, -0.15) is 0 Å². The third-order valence-corrected chi connectivity index (χ3v) is 8.70. The van der Waals surface area contributed by atoms with E-state index in [9.17, 15) is 9.59 Å². The van der Waals surface area contributed by atoms with Crippen molar-refractivity contribution in [1.29, 1.82) is 0 Å². The molecular formula is C33H34N2O5S. The average molecular weight is 571 g/mol. The van der Waals surface area contributed by atoms with Gasteiger partial charge >= 0.3 is 5.97 Å². The predicted molar refractivity (Wildman–Crippen MR) is 161 cm³/mol. The third-order valence-electron chi connectivity index (χ3n) is 7.54. The highest BCUT2D eigenvalue weighted by Gasteiger charge is 2.33. The van der Waals surface area contributed by atoms with Crippen LogP contribution in [0.5, 0.6) is 5.75 Å². The number of furan rings is 1. The highest BCUT2D eigenvalue weighted by Crippen LogP contribution is 2.45. The maximum Gasteiger partial charge on any atom is 0.335 e. The van der Waals surface area contributed by atoms with Crippen molar-refractivity contribution < 1.29 is 23.8 Å². The first-order chi connectivity index (χ1) is 19.7. The standard InChI is InChI=1S/C33H34N2O5S/c1-33(2,3)24-14-15-26-28(17-24)41-31(29(26)30(36)34-19-25-8-6-16-39-25)35-18-23-7-4-5-9-27(23)40-20-21-10-12-22(13-11-21)32(37)38/h4-13,16,18,24H,14-15,17,19-20H2,1-3H3,(H,34,36)(H,37,38)/t24-/m0/s1. The molecule has 0 saturated heterocycles. The number of fused-ring (bicyclic) bond motifs is 1. The largest absolute Gasteiger partial charge is 0.488 e. The van der Waals surface area contributed by atoms with Gasteiger partial charge < -0.3 is 19.6 Å². The SMILES string of the molecule is CC(C)(C)[C@H]1CCc2c(sc(N=Cc3ccccc3OCc3ccc(C(=O)O)cc3)c2C(=O)NCc2ccco2)C1. The number of para-hydroxylation sites is 1. The molecule has 212 valence electrons. The first-order valence-electron chi connectivity index (χ1n) is 13.7. The van der Waals surface area contributed by atoms with Crippen molar-refractivity contribution in [3.63, 3.8) is 0 Å². The summed E-state index contributed by atoms with van der Waals surface area (Å²) in [6.45, 7) is 7.44. The van der Waals surface area contributed by atoms with Crippen LogP contribution in [0.1, 0.15) is 75.2 Å². The van der Waals surface area contributed by atoms with Gasteiger partial charge in [-0.15, -0.1) is 11.3 Å². The molecule has 0 unspecified atom stereocenters. The summed E-state index contributed by atoms with van der Waals surface area (Å²) in [5.74, 6) is 0.787. The van der Waals surface area contributed by atoms with Gasteiger partial charge in [-0.1, -0.05) is 45.0 Å². The zero-order chi connectivity index (χ0) is 29.0.